The van der Waals surface area contributed by atoms with E-state index in [2.05, 4.69) is 11.0 Å². The molecule has 2 unspecified atom stereocenters. The molecule has 6 nitrogen and oxygen atoms in total. The fourth-order valence-corrected chi connectivity index (χ4v) is 5.82. The molecule has 3 atom stereocenters. The van der Waals surface area contributed by atoms with Crippen molar-refractivity contribution < 1.29 is 14.3 Å². The number of rotatable bonds is 8. The molecule has 4 rings (SSSR count). The largest absolute Gasteiger partial charge is 0.391 e. The normalized spacial score (nSPS) is 21.8. The van der Waals surface area contributed by atoms with E-state index in [1.165, 1.54) is 12.1 Å². The molecule has 2 fully saturated rings. The molecule has 0 aliphatic carbocycles. The average molecular weight is 469 g/mol. The van der Waals surface area contributed by atoms with Crippen LogP contribution in [-0.4, -0.2) is 45.1 Å². The van der Waals surface area contributed by atoms with E-state index in [4.69, 9.17) is 22.1 Å². The maximum absolute atomic E-state index is 14.4. The van der Waals surface area contributed by atoms with Crippen LogP contribution < -0.4 is 0 Å². The summed E-state index contributed by atoms with van der Waals surface area (Å²) in [4.78, 5) is 15.5. The van der Waals surface area contributed by atoms with Crippen molar-refractivity contribution in [2.45, 2.75) is 70.1 Å². The molecule has 1 aromatic heterocycles. The molecule has 2 aliphatic heterocycles. The molecule has 1 aromatic carbocycles. The van der Waals surface area contributed by atoms with Gasteiger partial charge in [0.25, 0.3) is 0 Å². The minimum absolute atomic E-state index is 0.0122. The zero-order valence-corrected chi connectivity index (χ0v) is 19.3. The summed E-state index contributed by atoms with van der Waals surface area (Å²) in [6.45, 7) is 1.98. The first-order valence-electron chi connectivity index (χ1n) is 11.3. The van der Waals surface area contributed by atoms with Crippen LogP contribution in [0.4, 0.5) is 4.39 Å². The van der Waals surface area contributed by atoms with Gasteiger partial charge in [-0.3, -0.25) is 9.69 Å². The van der Waals surface area contributed by atoms with E-state index < -0.39 is 11.9 Å². The third-order valence-electron chi connectivity index (χ3n) is 6.98. The van der Waals surface area contributed by atoms with Crippen LogP contribution in [0.25, 0.3) is 5.69 Å². The summed E-state index contributed by atoms with van der Waals surface area (Å²) in [5, 5.41) is 28.5. The number of hydrogen-bond acceptors (Lipinski definition) is 5. The molecule has 2 aliphatic rings. The van der Waals surface area contributed by atoms with Gasteiger partial charge in [0.1, 0.15) is 11.9 Å². The van der Waals surface area contributed by atoms with E-state index in [1.807, 2.05) is 6.07 Å². The molecular formula is C25H26ClFN4O2. The Balaban J connectivity index is 1.70. The quantitative estimate of drug-likeness (QED) is 0.456. The summed E-state index contributed by atoms with van der Waals surface area (Å²) in [5.41, 5.74) is 2.18. The first-order chi connectivity index (χ1) is 15.9. The van der Waals surface area contributed by atoms with Crippen LogP contribution in [-0.2, 0) is 6.42 Å². The Morgan fingerprint density at radius 3 is 2.70 bits per heavy atom. The number of benzene rings is 1. The highest BCUT2D eigenvalue weighted by Crippen LogP contribution is 2.39. The summed E-state index contributed by atoms with van der Waals surface area (Å²) < 4.78 is 16.2. The number of fused-ring (bicyclic) bond motifs is 2. The maximum atomic E-state index is 14.4. The molecule has 2 aromatic rings. The molecule has 0 saturated carbocycles. The second-order valence-electron chi connectivity index (χ2n) is 8.89. The number of carbonyl (C=O) groups excluding carboxylic acids is 1. The molecule has 1 N–H and O–H groups in total. The van der Waals surface area contributed by atoms with Gasteiger partial charge in [0, 0.05) is 35.6 Å². The number of ketones is 1. The summed E-state index contributed by atoms with van der Waals surface area (Å²) >= 11 is 6.77. The zero-order valence-electron chi connectivity index (χ0n) is 18.5. The summed E-state index contributed by atoms with van der Waals surface area (Å²) in [7, 11) is 0. The maximum Gasteiger partial charge on any atom is 0.180 e. The van der Waals surface area contributed by atoms with E-state index in [9.17, 15) is 14.3 Å². The van der Waals surface area contributed by atoms with Crippen LogP contribution in [0.5, 0.6) is 0 Å². The standard InChI is InChI=1S/C25H26ClFN4O2/c1-15-24(23(33)14-30-17-8-9-20(30)22(32)12-17)25(26)21(5-3-2-4-10-28)31(15)18-7-6-16(13-29)19(27)11-18/h6-7,11,17,20,22,32H,2-5,8-9,12,14H2,1H3/t17?,20?,22-/m1/s1. The third-order valence-corrected chi connectivity index (χ3v) is 7.38. The van der Waals surface area contributed by atoms with Crippen LogP contribution in [0.15, 0.2) is 18.2 Å². The van der Waals surface area contributed by atoms with Crippen molar-refractivity contribution in [2.24, 2.45) is 0 Å². The Kier molecular flexibility index (Phi) is 6.86. The number of unbranched alkanes of at least 4 members (excludes halogenated alkanes) is 2. The van der Waals surface area contributed by atoms with Crippen LogP contribution in [0.1, 0.15) is 65.8 Å². The van der Waals surface area contributed by atoms with Gasteiger partial charge < -0.3 is 9.67 Å². The monoisotopic (exact) mass is 468 g/mol. The van der Waals surface area contributed by atoms with Gasteiger partial charge in [0.05, 0.1) is 34.9 Å². The molecule has 0 spiro atoms. The fourth-order valence-electron chi connectivity index (χ4n) is 5.40. The smallest absolute Gasteiger partial charge is 0.180 e. The number of Topliss-reactive ketones (excluding diaryl/α,β-unsaturated/α-hetero) is 1. The number of hydrogen-bond donors (Lipinski definition) is 1. The van der Waals surface area contributed by atoms with Crippen molar-refractivity contribution >= 4 is 17.4 Å². The lowest BCUT2D eigenvalue weighted by Crippen LogP contribution is -2.36. The minimum atomic E-state index is -0.634. The summed E-state index contributed by atoms with van der Waals surface area (Å²) in [6.07, 6.45) is 4.52. The molecule has 172 valence electrons. The molecule has 0 amide bonds. The van der Waals surface area contributed by atoms with E-state index in [0.29, 0.717) is 59.8 Å². The van der Waals surface area contributed by atoms with Crippen LogP contribution in [0.2, 0.25) is 5.02 Å². The average Bonchev–Trinajstić information content (AvgIpc) is 3.38. The predicted octanol–water partition coefficient (Wildman–Crippen LogP) is 4.47. The molecule has 33 heavy (non-hydrogen) atoms. The zero-order chi connectivity index (χ0) is 23.7. The second-order valence-corrected chi connectivity index (χ2v) is 9.27. The fraction of sp³-hybridized carbons (Fsp3) is 0.480. The Hall–Kier alpha value is -2.71. The van der Waals surface area contributed by atoms with Crippen molar-refractivity contribution in [2.75, 3.05) is 6.54 Å². The van der Waals surface area contributed by atoms with E-state index in [-0.39, 0.29) is 30.0 Å². The number of carbonyl (C=O) groups is 1. The van der Waals surface area contributed by atoms with Crippen molar-refractivity contribution in [1.82, 2.24) is 9.47 Å². The number of aliphatic hydroxyl groups excluding tert-OH is 1. The lowest BCUT2D eigenvalue weighted by molar-refractivity contribution is 0.0873. The van der Waals surface area contributed by atoms with Gasteiger partial charge in [0.2, 0.25) is 0 Å². The first kappa shape index (κ1) is 23.4. The van der Waals surface area contributed by atoms with Crippen LogP contribution in [0.3, 0.4) is 0 Å². The lowest BCUT2D eigenvalue weighted by atomic mass is 9.98. The van der Waals surface area contributed by atoms with Gasteiger partial charge in [-0.2, -0.15) is 10.5 Å². The Labute approximate surface area is 197 Å². The van der Waals surface area contributed by atoms with E-state index in [0.717, 1.165) is 12.8 Å². The third kappa shape index (κ3) is 4.29. The first-order valence-corrected chi connectivity index (χ1v) is 11.7. The molecule has 2 bridgehead atoms. The van der Waals surface area contributed by atoms with Gasteiger partial charge in [-0.1, -0.05) is 11.6 Å². The molecular weight excluding hydrogens is 443 g/mol. The highest BCUT2D eigenvalue weighted by molar-refractivity contribution is 6.35. The number of aromatic nitrogens is 1. The highest BCUT2D eigenvalue weighted by atomic mass is 35.5. The van der Waals surface area contributed by atoms with E-state index >= 15 is 0 Å². The van der Waals surface area contributed by atoms with Crippen molar-refractivity contribution in [3.05, 3.63) is 51.6 Å². The van der Waals surface area contributed by atoms with Crippen LogP contribution in [0, 0.1) is 35.4 Å². The van der Waals surface area contributed by atoms with Gasteiger partial charge in [0.15, 0.2) is 5.78 Å². The van der Waals surface area contributed by atoms with Gasteiger partial charge in [-0.25, -0.2) is 4.39 Å². The molecule has 2 saturated heterocycles. The van der Waals surface area contributed by atoms with E-state index in [1.54, 1.807) is 17.6 Å². The summed E-state index contributed by atoms with van der Waals surface area (Å²) in [6, 6.07) is 8.53. The van der Waals surface area contributed by atoms with Crippen molar-refractivity contribution in [3.8, 4) is 17.8 Å². The Bertz CT molecular complexity index is 1160. The van der Waals surface area contributed by atoms with Crippen LogP contribution >= 0.6 is 11.6 Å². The summed E-state index contributed by atoms with van der Waals surface area (Å²) in [5.74, 6) is -0.750. The lowest BCUT2D eigenvalue weighted by Gasteiger charge is -2.21. The second kappa shape index (κ2) is 9.65. The van der Waals surface area contributed by atoms with Gasteiger partial charge in [-0.15, -0.1) is 0 Å². The Morgan fingerprint density at radius 1 is 1.30 bits per heavy atom. The molecule has 3 heterocycles. The van der Waals surface area contributed by atoms with Crippen molar-refractivity contribution in [3.63, 3.8) is 0 Å². The molecule has 8 heteroatoms. The van der Waals surface area contributed by atoms with Gasteiger partial charge in [-0.05, 0) is 63.6 Å². The minimum Gasteiger partial charge on any atom is -0.391 e. The highest BCUT2D eigenvalue weighted by Gasteiger charge is 2.46. The number of nitriles is 2. The van der Waals surface area contributed by atoms with Crippen molar-refractivity contribution in [1.29, 1.82) is 10.5 Å². The Morgan fingerprint density at radius 2 is 2.09 bits per heavy atom. The van der Waals surface area contributed by atoms with Gasteiger partial charge >= 0.3 is 0 Å². The molecule has 0 radical (unpaired) electrons. The number of aliphatic hydroxyl groups is 1. The number of nitrogens with zero attached hydrogens (tertiary/aromatic N) is 4. The topological polar surface area (TPSA) is 93.1 Å². The predicted molar refractivity (Wildman–Crippen MR) is 122 cm³/mol. The number of halogens is 2. The SMILES string of the molecule is Cc1c(C(=O)CN2C3CCC2[C@H](O)C3)c(Cl)c(CCCCC#N)n1-c1ccc(C#N)c(F)c1.